The fourth-order valence-corrected chi connectivity index (χ4v) is 5.19. The van der Waals surface area contributed by atoms with Crippen molar-refractivity contribution in [2.45, 2.75) is 6.92 Å². The van der Waals surface area contributed by atoms with Gasteiger partial charge < -0.3 is 18.9 Å². The van der Waals surface area contributed by atoms with Crippen molar-refractivity contribution >= 4 is 54.8 Å². The Morgan fingerprint density at radius 3 is 2.60 bits per heavy atom. The molecule has 35 heavy (non-hydrogen) atoms. The lowest BCUT2D eigenvalue weighted by atomic mass is 10.2. The highest BCUT2D eigenvalue weighted by molar-refractivity contribution is 7.22. The van der Waals surface area contributed by atoms with Crippen LogP contribution >= 0.6 is 22.7 Å². The Balaban J connectivity index is 1.40. The van der Waals surface area contributed by atoms with Crippen LogP contribution in [-0.2, 0) is 0 Å². The molecule has 0 aliphatic rings. The van der Waals surface area contributed by atoms with E-state index >= 15 is 0 Å². The number of nitrogens with one attached hydrogen (secondary N) is 1. The highest BCUT2D eigenvalue weighted by Gasteiger charge is 2.17. The Morgan fingerprint density at radius 1 is 0.971 bits per heavy atom. The van der Waals surface area contributed by atoms with Crippen LogP contribution in [-0.4, -0.2) is 36.7 Å². The number of aromatic nitrogens is 2. The van der Waals surface area contributed by atoms with Gasteiger partial charge in [-0.15, -0.1) is 11.3 Å². The summed E-state index contributed by atoms with van der Waals surface area (Å²) < 4.78 is 23.4. The molecule has 0 radical (unpaired) electrons. The Labute approximate surface area is 209 Å². The van der Waals surface area contributed by atoms with Crippen molar-refractivity contribution in [2.24, 2.45) is 0 Å². The second-order valence-corrected chi connectivity index (χ2v) is 9.23. The lowest BCUT2D eigenvalue weighted by Gasteiger charge is -2.12. The number of hydrogen-bond acceptors (Lipinski definition) is 9. The van der Waals surface area contributed by atoms with Crippen LogP contribution in [0.4, 0.5) is 5.13 Å². The van der Waals surface area contributed by atoms with Gasteiger partial charge in [0.05, 0.1) is 36.6 Å². The van der Waals surface area contributed by atoms with E-state index in [9.17, 15) is 4.79 Å². The summed E-state index contributed by atoms with van der Waals surface area (Å²) in [6.45, 7) is 2.38. The number of rotatable bonds is 8. The molecule has 5 rings (SSSR count). The number of ether oxygens (including phenoxy) is 4. The number of thiazole rings is 1. The van der Waals surface area contributed by atoms with Gasteiger partial charge >= 0.3 is 0 Å². The molecular formula is C25H21N3O5S2. The number of anilines is 1. The molecule has 1 amide bonds. The smallest absolute Gasteiger partial charge is 0.271 e. The van der Waals surface area contributed by atoms with E-state index < -0.39 is 0 Å². The maximum Gasteiger partial charge on any atom is 0.271 e. The van der Waals surface area contributed by atoms with Crippen LogP contribution < -0.4 is 24.3 Å². The van der Waals surface area contributed by atoms with Gasteiger partial charge in [0, 0.05) is 23.7 Å². The van der Waals surface area contributed by atoms with Crippen molar-refractivity contribution in [1.82, 2.24) is 9.97 Å². The predicted octanol–water partition coefficient (Wildman–Crippen LogP) is 6.37. The van der Waals surface area contributed by atoms with E-state index in [1.165, 1.54) is 22.7 Å². The maximum atomic E-state index is 12.7. The average Bonchev–Trinajstić information content (AvgIpc) is 3.49. The summed E-state index contributed by atoms with van der Waals surface area (Å²) in [7, 11) is 3.17. The third kappa shape index (κ3) is 4.58. The van der Waals surface area contributed by atoms with Gasteiger partial charge in [-0.3, -0.25) is 15.1 Å². The second-order valence-electron chi connectivity index (χ2n) is 7.29. The van der Waals surface area contributed by atoms with Crippen molar-refractivity contribution < 1.29 is 23.7 Å². The fraction of sp³-hybridized carbons (Fsp3) is 0.160. The average molecular weight is 508 g/mol. The minimum Gasteiger partial charge on any atom is -0.493 e. The first-order valence-corrected chi connectivity index (χ1v) is 12.4. The van der Waals surface area contributed by atoms with Crippen LogP contribution in [0, 0.1) is 0 Å². The number of methoxy groups -OCH3 is 2. The number of amides is 1. The topological polar surface area (TPSA) is 91.8 Å². The Hall–Kier alpha value is -3.89. The molecule has 0 unspecified atom stereocenters. The SMILES string of the molecule is CCOc1ccsc1C(=O)Nc1nc2ccc(Oc3ccnc4cc(OC)c(OC)cc34)cc2s1. The van der Waals surface area contributed by atoms with Crippen LogP contribution in [0.1, 0.15) is 16.6 Å². The van der Waals surface area contributed by atoms with Crippen LogP contribution in [0.2, 0.25) is 0 Å². The molecule has 0 saturated carbocycles. The monoisotopic (exact) mass is 507 g/mol. The Kier molecular flexibility index (Phi) is 6.39. The first-order chi connectivity index (χ1) is 17.1. The summed E-state index contributed by atoms with van der Waals surface area (Å²) >= 11 is 2.70. The third-order valence-electron chi connectivity index (χ3n) is 5.15. The van der Waals surface area contributed by atoms with E-state index in [0.717, 1.165) is 21.1 Å². The molecule has 178 valence electrons. The summed E-state index contributed by atoms with van der Waals surface area (Å²) in [6, 6.07) is 12.8. The molecule has 1 N–H and O–H groups in total. The number of hydrogen-bond donors (Lipinski definition) is 1. The van der Waals surface area contributed by atoms with E-state index in [0.29, 0.717) is 45.4 Å². The molecule has 0 spiro atoms. The highest BCUT2D eigenvalue weighted by Crippen LogP contribution is 2.38. The van der Waals surface area contributed by atoms with Crippen molar-refractivity contribution in [3.8, 4) is 28.7 Å². The molecule has 0 aliphatic carbocycles. The molecule has 0 bridgehead atoms. The number of thiophene rings is 1. The number of carbonyl (C=O) groups is 1. The molecule has 3 heterocycles. The summed E-state index contributed by atoms with van der Waals surface area (Å²) in [4.78, 5) is 22.2. The van der Waals surface area contributed by atoms with Gasteiger partial charge in [0.1, 0.15) is 22.1 Å². The first kappa shape index (κ1) is 22.9. The Bertz CT molecular complexity index is 1530. The lowest BCUT2D eigenvalue weighted by Crippen LogP contribution is -2.11. The van der Waals surface area contributed by atoms with Crippen LogP contribution in [0.3, 0.4) is 0 Å². The van der Waals surface area contributed by atoms with Gasteiger partial charge in [0.15, 0.2) is 16.6 Å². The molecule has 0 aliphatic heterocycles. The molecular weight excluding hydrogens is 486 g/mol. The zero-order valence-corrected chi connectivity index (χ0v) is 20.8. The summed E-state index contributed by atoms with van der Waals surface area (Å²) in [6.07, 6.45) is 1.68. The molecule has 8 nitrogen and oxygen atoms in total. The molecule has 0 fully saturated rings. The van der Waals surface area contributed by atoms with Gasteiger partial charge in [-0.2, -0.15) is 0 Å². The minimum absolute atomic E-state index is 0.244. The zero-order valence-electron chi connectivity index (χ0n) is 19.2. The quantitative estimate of drug-likeness (QED) is 0.261. The third-order valence-corrected chi connectivity index (χ3v) is 6.98. The lowest BCUT2D eigenvalue weighted by molar-refractivity contribution is 0.102. The molecule has 3 aromatic heterocycles. The number of fused-ring (bicyclic) bond motifs is 2. The fourth-order valence-electron chi connectivity index (χ4n) is 3.57. The van der Waals surface area contributed by atoms with Gasteiger partial charge in [-0.05, 0) is 42.6 Å². The number of pyridine rings is 1. The highest BCUT2D eigenvalue weighted by atomic mass is 32.1. The first-order valence-electron chi connectivity index (χ1n) is 10.7. The van der Waals surface area contributed by atoms with Gasteiger partial charge in [-0.1, -0.05) is 11.3 Å². The molecule has 10 heteroatoms. The van der Waals surface area contributed by atoms with E-state index in [1.54, 1.807) is 32.5 Å². The van der Waals surface area contributed by atoms with Crippen LogP contribution in [0.25, 0.3) is 21.1 Å². The van der Waals surface area contributed by atoms with E-state index in [2.05, 4.69) is 15.3 Å². The normalized spacial score (nSPS) is 10.9. The van der Waals surface area contributed by atoms with Crippen molar-refractivity contribution in [1.29, 1.82) is 0 Å². The number of nitrogens with zero attached hydrogens (tertiary/aromatic N) is 2. The van der Waals surface area contributed by atoms with Crippen molar-refractivity contribution in [3.63, 3.8) is 0 Å². The summed E-state index contributed by atoms with van der Waals surface area (Å²) in [5.41, 5.74) is 1.49. The maximum absolute atomic E-state index is 12.7. The predicted molar refractivity (Wildman–Crippen MR) is 138 cm³/mol. The largest absolute Gasteiger partial charge is 0.493 e. The Morgan fingerprint density at radius 2 is 1.80 bits per heavy atom. The van der Waals surface area contributed by atoms with Gasteiger partial charge in [-0.25, -0.2) is 4.98 Å². The van der Waals surface area contributed by atoms with Crippen LogP contribution in [0.5, 0.6) is 28.7 Å². The van der Waals surface area contributed by atoms with Crippen molar-refractivity contribution in [3.05, 3.63) is 58.9 Å². The van der Waals surface area contributed by atoms with Crippen LogP contribution in [0.15, 0.2) is 54.0 Å². The summed E-state index contributed by atoms with van der Waals surface area (Å²) in [5.74, 6) is 2.79. The van der Waals surface area contributed by atoms with Crippen molar-refractivity contribution in [2.75, 3.05) is 26.1 Å². The molecule has 2 aromatic carbocycles. The molecule has 0 atom stereocenters. The van der Waals surface area contributed by atoms with E-state index in [4.69, 9.17) is 18.9 Å². The standard InChI is InChI=1S/C25H21N3O5S2/c1-4-32-19-8-10-34-23(19)24(29)28-25-27-16-6-5-14(11-22(16)35-25)33-18-7-9-26-17-13-21(31-3)20(30-2)12-15(17)18/h5-13H,4H2,1-3H3,(H,27,28,29). The van der Waals surface area contributed by atoms with Gasteiger partial charge in [0.25, 0.3) is 5.91 Å². The number of carbonyl (C=O) groups excluding carboxylic acids is 1. The minimum atomic E-state index is -0.244. The van der Waals surface area contributed by atoms with E-state index in [-0.39, 0.29) is 5.91 Å². The van der Waals surface area contributed by atoms with Gasteiger partial charge in [0.2, 0.25) is 0 Å². The zero-order chi connectivity index (χ0) is 24.4. The second kappa shape index (κ2) is 9.77. The molecule has 0 saturated heterocycles. The molecule has 5 aromatic rings. The number of benzene rings is 2. The summed E-state index contributed by atoms with van der Waals surface area (Å²) in [5, 5.41) is 6.00. The van der Waals surface area contributed by atoms with E-state index in [1.807, 2.05) is 42.6 Å².